The standard InChI is InChI=1S/C16H21NO2S/c1-13-8-9-16(20-13)11-17(2)10-14(18)12-19-15-6-4-3-5-7-15/h3-9,14,18H,10-12H2,1-2H3. The molecule has 0 spiro atoms. The third kappa shape index (κ3) is 4.96. The van der Waals surface area contributed by atoms with Crippen LogP contribution in [0.5, 0.6) is 5.75 Å². The number of aliphatic hydroxyl groups is 1. The average Bonchev–Trinajstić information content (AvgIpc) is 2.83. The molecule has 1 heterocycles. The first-order chi connectivity index (χ1) is 9.63. The lowest BCUT2D eigenvalue weighted by atomic mass is 10.3. The van der Waals surface area contributed by atoms with E-state index in [1.165, 1.54) is 9.75 Å². The Labute approximate surface area is 124 Å². The number of nitrogens with zero attached hydrogens (tertiary/aromatic N) is 1. The van der Waals surface area contributed by atoms with Gasteiger partial charge in [0.25, 0.3) is 0 Å². The molecule has 0 saturated heterocycles. The molecule has 1 N–H and O–H groups in total. The number of benzene rings is 1. The van der Waals surface area contributed by atoms with Crippen molar-refractivity contribution in [1.29, 1.82) is 0 Å². The molecule has 1 atom stereocenters. The fraction of sp³-hybridized carbons (Fsp3) is 0.375. The van der Waals surface area contributed by atoms with Crippen molar-refractivity contribution in [3.05, 3.63) is 52.2 Å². The van der Waals surface area contributed by atoms with E-state index in [1.807, 2.05) is 37.4 Å². The van der Waals surface area contributed by atoms with E-state index in [9.17, 15) is 5.11 Å². The maximum Gasteiger partial charge on any atom is 0.119 e. The Kier molecular flexibility index (Phi) is 5.59. The summed E-state index contributed by atoms with van der Waals surface area (Å²) in [5.74, 6) is 0.795. The molecule has 0 aliphatic rings. The molecule has 1 unspecified atom stereocenters. The average molecular weight is 291 g/mol. The molecule has 20 heavy (non-hydrogen) atoms. The Morgan fingerprint density at radius 2 is 1.95 bits per heavy atom. The van der Waals surface area contributed by atoms with Crippen molar-refractivity contribution < 1.29 is 9.84 Å². The minimum atomic E-state index is -0.485. The first kappa shape index (κ1) is 15.0. The third-order valence-electron chi connectivity index (χ3n) is 2.93. The molecule has 0 amide bonds. The van der Waals surface area contributed by atoms with Crippen LogP contribution >= 0.6 is 11.3 Å². The van der Waals surface area contributed by atoms with Gasteiger partial charge in [-0.2, -0.15) is 0 Å². The Morgan fingerprint density at radius 1 is 1.20 bits per heavy atom. The van der Waals surface area contributed by atoms with Crippen molar-refractivity contribution in [3.63, 3.8) is 0 Å². The van der Waals surface area contributed by atoms with Gasteiger partial charge < -0.3 is 9.84 Å². The molecule has 108 valence electrons. The molecular formula is C16H21NO2S. The van der Waals surface area contributed by atoms with E-state index in [0.29, 0.717) is 13.2 Å². The van der Waals surface area contributed by atoms with Crippen molar-refractivity contribution in [2.75, 3.05) is 20.2 Å². The molecule has 4 heteroatoms. The van der Waals surface area contributed by atoms with E-state index in [2.05, 4.69) is 24.0 Å². The van der Waals surface area contributed by atoms with Crippen molar-refractivity contribution in [3.8, 4) is 5.75 Å². The highest BCUT2D eigenvalue weighted by atomic mass is 32.1. The number of rotatable bonds is 7. The van der Waals surface area contributed by atoms with Crippen LogP contribution in [-0.4, -0.2) is 36.3 Å². The normalized spacial score (nSPS) is 12.6. The molecule has 0 saturated carbocycles. The number of likely N-dealkylation sites (N-methyl/N-ethyl adjacent to an activating group) is 1. The fourth-order valence-electron chi connectivity index (χ4n) is 2.02. The fourth-order valence-corrected chi connectivity index (χ4v) is 2.99. The number of aryl methyl sites for hydroxylation is 1. The summed E-state index contributed by atoms with van der Waals surface area (Å²) in [6, 6.07) is 13.8. The van der Waals surface area contributed by atoms with Crippen LogP contribution < -0.4 is 4.74 Å². The molecule has 0 bridgehead atoms. The predicted octanol–water partition coefficient (Wildman–Crippen LogP) is 2.93. The first-order valence-electron chi connectivity index (χ1n) is 6.73. The van der Waals surface area contributed by atoms with Crippen molar-refractivity contribution in [2.45, 2.75) is 19.6 Å². The Balaban J connectivity index is 1.72. The van der Waals surface area contributed by atoms with Gasteiger partial charge in [-0.15, -0.1) is 11.3 Å². The van der Waals surface area contributed by atoms with E-state index in [-0.39, 0.29) is 0 Å². The quantitative estimate of drug-likeness (QED) is 0.851. The third-order valence-corrected chi connectivity index (χ3v) is 3.92. The summed E-state index contributed by atoms with van der Waals surface area (Å²) < 4.78 is 5.55. The van der Waals surface area contributed by atoms with Crippen LogP contribution in [-0.2, 0) is 6.54 Å². The molecule has 0 radical (unpaired) electrons. The van der Waals surface area contributed by atoms with Gasteiger partial charge in [-0.05, 0) is 38.2 Å². The molecule has 2 rings (SSSR count). The highest BCUT2D eigenvalue weighted by Gasteiger charge is 2.10. The van der Waals surface area contributed by atoms with Gasteiger partial charge >= 0.3 is 0 Å². The van der Waals surface area contributed by atoms with E-state index in [1.54, 1.807) is 11.3 Å². The lowest BCUT2D eigenvalue weighted by molar-refractivity contribution is 0.0746. The van der Waals surface area contributed by atoms with Gasteiger partial charge in [-0.25, -0.2) is 0 Å². The lowest BCUT2D eigenvalue weighted by Crippen LogP contribution is -2.32. The SMILES string of the molecule is Cc1ccc(CN(C)CC(O)COc2ccccc2)s1. The Hall–Kier alpha value is -1.36. The van der Waals surface area contributed by atoms with Crippen LogP contribution in [0.25, 0.3) is 0 Å². The zero-order chi connectivity index (χ0) is 14.4. The molecule has 1 aromatic carbocycles. The minimum Gasteiger partial charge on any atom is -0.491 e. The van der Waals surface area contributed by atoms with Crippen LogP contribution in [0.15, 0.2) is 42.5 Å². The zero-order valence-corrected chi connectivity index (χ0v) is 12.8. The van der Waals surface area contributed by atoms with Gasteiger partial charge in [0.05, 0.1) is 0 Å². The summed E-state index contributed by atoms with van der Waals surface area (Å²) in [7, 11) is 2.01. The second-order valence-corrected chi connectivity index (χ2v) is 6.36. The van der Waals surface area contributed by atoms with Gasteiger partial charge in [-0.1, -0.05) is 18.2 Å². The summed E-state index contributed by atoms with van der Waals surface area (Å²) in [4.78, 5) is 4.76. The van der Waals surface area contributed by atoms with Crippen molar-refractivity contribution >= 4 is 11.3 Å². The first-order valence-corrected chi connectivity index (χ1v) is 7.55. The predicted molar refractivity (Wildman–Crippen MR) is 83.3 cm³/mol. The molecule has 3 nitrogen and oxygen atoms in total. The van der Waals surface area contributed by atoms with Crippen LogP contribution in [0.1, 0.15) is 9.75 Å². The van der Waals surface area contributed by atoms with Gasteiger partial charge in [0.1, 0.15) is 18.5 Å². The van der Waals surface area contributed by atoms with Gasteiger partial charge in [0.2, 0.25) is 0 Å². The highest BCUT2D eigenvalue weighted by molar-refractivity contribution is 7.11. The Bertz CT molecular complexity index is 512. The largest absolute Gasteiger partial charge is 0.491 e. The maximum atomic E-state index is 10.0. The van der Waals surface area contributed by atoms with Crippen LogP contribution in [0.3, 0.4) is 0 Å². The van der Waals surface area contributed by atoms with E-state index in [4.69, 9.17) is 4.74 Å². The summed E-state index contributed by atoms with van der Waals surface area (Å²) in [6.45, 7) is 3.89. The van der Waals surface area contributed by atoms with Crippen LogP contribution in [0.4, 0.5) is 0 Å². The molecule has 0 aliphatic carbocycles. The molecular weight excluding hydrogens is 270 g/mol. The summed E-state index contributed by atoms with van der Waals surface area (Å²) in [5, 5.41) is 10.0. The van der Waals surface area contributed by atoms with E-state index < -0.39 is 6.10 Å². The number of thiophene rings is 1. The van der Waals surface area contributed by atoms with Crippen molar-refractivity contribution in [1.82, 2.24) is 4.90 Å². The molecule has 2 aromatic rings. The second kappa shape index (κ2) is 7.43. The highest BCUT2D eigenvalue weighted by Crippen LogP contribution is 2.16. The molecule has 1 aromatic heterocycles. The van der Waals surface area contributed by atoms with E-state index >= 15 is 0 Å². The van der Waals surface area contributed by atoms with Gasteiger partial charge in [0, 0.05) is 22.8 Å². The van der Waals surface area contributed by atoms with Gasteiger partial charge in [0.15, 0.2) is 0 Å². The number of aliphatic hydroxyl groups excluding tert-OH is 1. The number of ether oxygens (including phenoxy) is 1. The monoisotopic (exact) mass is 291 g/mol. The van der Waals surface area contributed by atoms with Crippen LogP contribution in [0, 0.1) is 6.92 Å². The Morgan fingerprint density at radius 3 is 2.60 bits per heavy atom. The van der Waals surface area contributed by atoms with Crippen molar-refractivity contribution in [2.24, 2.45) is 0 Å². The summed E-state index contributed by atoms with van der Waals surface area (Å²) in [5.41, 5.74) is 0. The van der Waals surface area contributed by atoms with Gasteiger partial charge in [-0.3, -0.25) is 4.90 Å². The molecule has 0 fully saturated rings. The second-order valence-electron chi connectivity index (χ2n) is 4.99. The zero-order valence-electron chi connectivity index (χ0n) is 12.0. The number of hydrogen-bond donors (Lipinski definition) is 1. The number of para-hydroxylation sites is 1. The lowest BCUT2D eigenvalue weighted by Gasteiger charge is -2.20. The number of hydrogen-bond acceptors (Lipinski definition) is 4. The smallest absolute Gasteiger partial charge is 0.119 e. The summed E-state index contributed by atoms with van der Waals surface area (Å²) >= 11 is 1.80. The minimum absolute atomic E-state index is 0.317. The topological polar surface area (TPSA) is 32.7 Å². The van der Waals surface area contributed by atoms with Crippen LogP contribution in [0.2, 0.25) is 0 Å². The molecule has 0 aliphatic heterocycles. The van der Waals surface area contributed by atoms with E-state index in [0.717, 1.165) is 12.3 Å². The summed E-state index contributed by atoms with van der Waals surface area (Å²) in [6.07, 6.45) is -0.485. The maximum absolute atomic E-state index is 10.0.